The minimum atomic E-state index is -0.402. The second kappa shape index (κ2) is 5.74. The zero-order valence-corrected chi connectivity index (χ0v) is 12.0. The average Bonchev–Trinajstić information content (AvgIpc) is 2.60. The molecule has 1 aliphatic rings. The molecular formula is C18H13NO3. The molecule has 4 heteroatoms. The summed E-state index contributed by atoms with van der Waals surface area (Å²) in [4.78, 5) is 11.7. The van der Waals surface area contributed by atoms with Gasteiger partial charge in [-0.2, -0.15) is 5.26 Å². The van der Waals surface area contributed by atoms with E-state index >= 15 is 0 Å². The van der Waals surface area contributed by atoms with Gasteiger partial charge in [-0.25, -0.2) is 4.79 Å². The van der Waals surface area contributed by atoms with E-state index in [-0.39, 0.29) is 0 Å². The number of nitriles is 1. The fourth-order valence-electron chi connectivity index (χ4n) is 2.51. The number of ether oxygens (including phenoxy) is 2. The summed E-state index contributed by atoms with van der Waals surface area (Å²) in [5.41, 5.74) is 3.55. The van der Waals surface area contributed by atoms with Crippen LogP contribution in [0.4, 0.5) is 0 Å². The van der Waals surface area contributed by atoms with E-state index in [4.69, 9.17) is 9.47 Å². The van der Waals surface area contributed by atoms with E-state index in [1.54, 1.807) is 24.3 Å². The highest BCUT2D eigenvalue weighted by Crippen LogP contribution is 2.36. The topological polar surface area (TPSA) is 59.3 Å². The Morgan fingerprint density at radius 3 is 2.82 bits per heavy atom. The van der Waals surface area contributed by atoms with E-state index in [1.165, 1.54) is 7.11 Å². The van der Waals surface area contributed by atoms with Gasteiger partial charge in [0.2, 0.25) is 0 Å². The lowest BCUT2D eigenvalue weighted by Crippen LogP contribution is -2.09. The van der Waals surface area contributed by atoms with E-state index < -0.39 is 5.97 Å². The molecule has 0 amide bonds. The number of methoxy groups -OCH3 is 1. The maximum Gasteiger partial charge on any atom is 0.337 e. The van der Waals surface area contributed by atoms with E-state index in [2.05, 4.69) is 6.07 Å². The van der Waals surface area contributed by atoms with Crippen molar-refractivity contribution < 1.29 is 14.3 Å². The van der Waals surface area contributed by atoms with Crippen LogP contribution in [0.25, 0.3) is 5.57 Å². The Morgan fingerprint density at radius 1 is 1.23 bits per heavy atom. The number of esters is 1. The Bertz CT molecular complexity index is 815. The number of benzene rings is 2. The Morgan fingerprint density at radius 2 is 2.05 bits per heavy atom. The first-order chi connectivity index (χ1) is 10.7. The summed E-state index contributed by atoms with van der Waals surface area (Å²) in [7, 11) is 1.35. The van der Waals surface area contributed by atoms with Gasteiger partial charge in [0, 0.05) is 5.56 Å². The molecule has 3 rings (SSSR count). The van der Waals surface area contributed by atoms with Crippen molar-refractivity contribution in [2.75, 3.05) is 13.7 Å². The lowest BCUT2D eigenvalue weighted by Gasteiger charge is -2.20. The molecule has 0 saturated carbocycles. The maximum atomic E-state index is 11.7. The van der Waals surface area contributed by atoms with Crippen LogP contribution in [0.3, 0.4) is 0 Å². The molecule has 0 saturated heterocycles. The quantitative estimate of drug-likeness (QED) is 0.797. The molecular weight excluding hydrogens is 278 g/mol. The Kier molecular flexibility index (Phi) is 3.63. The van der Waals surface area contributed by atoms with Crippen LogP contribution < -0.4 is 4.74 Å². The first-order valence-electron chi connectivity index (χ1n) is 6.80. The van der Waals surface area contributed by atoms with Gasteiger partial charge in [0.25, 0.3) is 0 Å². The van der Waals surface area contributed by atoms with Crippen molar-refractivity contribution in [1.82, 2.24) is 0 Å². The molecule has 108 valence electrons. The molecule has 0 bridgehead atoms. The maximum absolute atomic E-state index is 11.7. The third-order valence-corrected chi connectivity index (χ3v) is 3.55. The summed E-state index contributed by atoms with van der Waals surface area (Å²) in [6.07, 6.45) is 1.92. The summed E-state index contributed by atoms with van der Waals surface area (Å²) < 4.78 is 10.4. The minimum Gasteiger partial charge on any atom is -0.489 e. The standard InChI is InChI=1S/C18H13NO3/c1-21-18(20)12-6-7-17-16(10-12)15(8-9-22-17)14-5-3-2-4-13(14)11-19/h2-8,10H,9H2,1H3. The number of carbonyl (C=O) groups excluding carboxylic acids is 1. The predicted molar refractivity (Wildman–Crippen MR) is 81.5 cm³/mol. The lowest BCUT2D eigenvalue weighted by atomic mass is 9.91. The minimum absolute atomic E-state index is 0.402. The zero-order chi connectivity index (χ0) is 15.5. The van der Waals surface area contributed by atoms with Crippen molar-refractivity contribution in [3.05, 3.63) is 70.8 Å². The Balaban J connectivity index is 2.15. The number of carbonyl (C=O) groups is 1. The fraction of sp³-hybridized carbons (Fsp3) is 0.111. The average molecular weight is 291 g/mol. The highest BCUT2D eigenvalue weighted by Gasteiger charge is 2.19. The van der Waals surface area contributed by atoms with Crippen molar-refractivity contribution in [2.24, 2.45) is 0 Å². The van der Waals surface area contributed by atoms with Gasteiger partial charge in [-0.05, 0) is 41.5 Å². The van der Waals surface area contributed by atoms with E-state index in [0.717, 1.165) is 16.7 Å². The van der Waals surface area contributed by atoms with Gasteiger partial charge < -0.3 is 9.47 Å². The molecule has 0 aromatic heterocycles. The predicted octanol–water partition coefficient (Wildman–Crippen LogP) is 3.17. The third kappa shape index (κ3) is 2.33. The van der Waals surface area contributed by atoms with Crippen molar-refractivity contribution >= 4 is 11.5 Å². The normalized spacial score (nSPS) is 12.5. The fourth-order valence-corrected chi connectivity index (χ4v) is 2.51. The van der Waals surface area contributed by atoms with Crippen LogP contribution in [0.5, 0.6) is 5.75 Å². The zero-order valence-electron chi connectivity index (χ0n) is 12.0. The largest absolute Gasteiger partial charge is 0.489 e. The first kappa shape index (κ1) is 13.9. The molecule has 1 aliphatic heterocycles. The molecule has 0 unspecified atom stereocenters. The molecule has 0 spiro atoms. The number of rotatable bonds is 2. The molecule has 2 aromatic rings. The summed E-state index contributed by atoms with van der Waals surface area (Å²) in [6.45, 7) is 0.430. The SMILES string of the molecule is COC(=O)c1ccc2c(c1)C(c1ccccc1C#N)=CCO2. The van der Waals surface area contributed by atoms with Gasteiger partial charge in [0.05, 0.1) is 24.3 Å². The Labute approximate surface area is 128 Å². The van der Waals surface area contributed by atoms with Crippen molar-refractivity contribution in [3.63, 3.8) is 0 Å². The van der Waals surface area contributed by atoms with Crippen LogP contribution in [-0.2, 0) is 4.74 Å². The van der Waals surface area contributed by atoms with Gasteiger partial charge in [-0.1, -0.05) is 18.2 Å². The molecule has 0 radical (unpaired) electrons. The first-order valence-corrected chi connectivity index (χ1v) is 6.80. The molecule has 0 aliphatic carbocycles. The van der Waals surface area contributed by atoms with Crippen LogP contribution in [0.1, 0.15) is 27.0 Å². The van der Waals surface area contributed by atoms with Gasteiger partial charge in [-0.15, -0.1) is 0 Å². The van der Waals surface area contributed by atoms with Gasteiger partial charge in [-0.3, -0.25) is 0 Å². The number of fused-ring (bicyclic) bond motifs is 1. The van der Waals surface area contributed by atoms with Crippen LogP contribution in [-0.4, -0.2) is 19.7 Å². The summed E-state index contributed by atoms with van der Waals surface area (Å²) in [5.74, 6) is 0.291. The number of nitrogens with zero attached hydrogens (tertiary/aromatic N) is 1. The van der Waals surface area contributed by atoms with Crippen LogP contribution in [0.15, 0.2) is 48.5 Å². The van der Waals surface area contributed by atoms with Gasteiger partial charge in [0.15, 0.2) is 0 Å². The second-order valence-electron chi connectivity index (χ2n) is 4.79. The van der Waals surface area contributed by atoms with E-state index in [0.29, 0.717) is 23.5 Å². The van der Waals surface area contributed by atoms with E-state index in [1.807, 2.05) is 24.3 Å². The molecule has 1 heterocycles. The molecule has 2 aromatic carbocycles. The summed E-state index contributed by atoms with van der Waals surface area (Å²) in [6, 6.07) is 14.7. The number of hydrogen-bond donors (Lipinski definition) is 0. The van der Waals surface area contributed by atoms with Crippen molar-refractivity contribution in [2.45, 2.75) is 0 Å². The number of hydrogen-bond acceptors (Lipinski definition) is 4. The third-order valence-electron chi connectivity index (χ3n) is 3.55. The molecule has 0 fully saturated rings. The van der Waals surface area contributed by atoms with E-state index in [9.17, 15) is 10.1 Å². The summed E-state index contributed by atoms with van der Waals surface area (Å²) in [5, 5.41) is 9.30. The van der Waals surface area contributed by atoms with Gasteiger partial charge >= 0.3 is 5.97 Å². The van der Waals surface area contributed by atoms with Crippen LogP contribution in [0, 0.1) is 11.3 Å². The van der Waals surface area contributed by atoms with Crippen molar-refractivity contribution in [3.8, 4) is 11.8 Å². The molecule has 22 heavy (non-hydrogen) atoms. The van der Waals surface area contributed by atoms with Gasteiger partial charge in [0.1, 0.15) is 12.4 Å². The smallest absolute Gasteiger partial charge is 0.337 e. The highest BCUT2D eigenvalue weighted by molar-refractivity contribution is 5.93. The molecule has 0 atom stereocenters. The Hall–Kier alpha value is -3.06. The molecule has 4 nitrogen and oxygen atoms in total. The second-order valence-corrected chi connectivity index (χ2v) is 4.79. The lowest BCUT2D eigenvalue weighted by molar-refractivity contribution is 0.0600. The highest BCUT2D eigenvalue weighted by atomic mass is 16.5. The van der Waals surface area contributed by atoms with Crippen LogP contribution in [0.2, 0.25) is 0 Å². The van der Waals surface area contributed by atoms with Crippen LogP contribution >= 0.6 is 0 Å². The monoisotopic (exact) mass is 291 g/mol. The van der Waals surface area contributed by atoms with Crippen molar-refractivity contribution in [1.29, 1.82) is 5.26 Å². The summed E-state index contributed by atoms with van der Waals surface area (Å²) >= 11 is 0. The molecule has 0 N–H and O–H groups in total.